The van der Waals surface area contributed by atoms with Crippen molar-refractivity contribution in [2.24, 2.45) is 5.92 Å². The lowest BCUT2D eigenvalue weighted by Crippen LogP contribution is -2.56. The van der Waals surface area contributed by atoms with Gasteiger partial charge in [0.1, 0.15) is 5.82 Å². The molecule has 3 aliphatic rings. The van der Waals surface area contributed by atoms with Gasteiger partial charge in [0.2, 0.25) is 10.0 Å². The molecule has 8 heteroatoms. The summed E-state index contributed by atoms with van der Waals surface area (Å²) in [5.74, 6) is 0.117. The highest BCUT2D eigenvalue weighted by Gasteiger charge is 2.41. The number of aliphatic hydroxyl groups is 1. The van der Waals surface area contributed by atoms with E-state index in [1.54, 1.807) is 16.4 Å². The van der Waals surface area contributed by atoms with Gasteiger partial charge in [0.15, 0.2) is 0 Å². The molecule has 0 aliphatic carbocycles. The maximum atomic E-state index is 14.1. The van der Waals surface area contributed by atoms with Gasteiger partial charge in [-0.2, -0.15) is 4.31 Å². The second kappa shape index (κ2) is 8.73. The normalized spacial score (nSPS) is 28.7. The molecule has 3 heterocycles. The molecule has 0 spiro atoms. The Morgan fingerprint density at radius 1 is 1.10 bits per heavy atom. The molecule has 1 N–H and O–H groups in total. The number of para-hydroxylation sites is 1. The van der Waals surface area contributed by atoms with E-state index in [1.165, 1.54) is 12.3 Å². The summed E-state index contributed by atoms with van der Waals surface area (Å²) < 4.78 is 40.3. The predicted octanol–water partition coefficient (Wildman–Crippen LogP) is 2.29. The Morgan fingerprint density at radius 3 is 2.53 bits per heavy atom. The molecule has 0 saturated carbocycles. The molecule has 30 heavy (non-hydrogen) atoms. The number of sulfonamides is 1. The van der Waals surface area contributed by atoms with Crippen LogP contribution in [0.25, 0.3) is 0 Å². The molecule has 3 saturated heterocycles. The average Bonchev–Trinajstić information content (AvgIpc) is 2.91. The molecule has 0 amide bonds. The molecule has 168 valence electrons. The third kappa shape index (κ3) is 4.82. The van der Waals surface area contributed by atoms with Gasteiger partial charge < -0.3 is 14.9 Å². The van der Waals surface area contributed by atoms with Crippen molar-refractivity contribution >= 4 is 15.7 Å². The first kappa shape index (κ1) is 22.0. The van der Waals surface area contributed by atoms with Crippen LogP contribution in [-0.2, 0) is 10.0 Å². The van der Waals surface area contributed by atoms with E-state index in [-0.39, 0.29) is 11.9 Å². The highest BCUT2D eigenvalue weighted by atomic mass is 32.2. The van der Waals surface area contributed by atoms with Crippen LogP contribution in [0.3, 0.4) is 0 Å². The number of benzene rings is 1. The van der Waals surface area contributed by atoms with Crippen molar-refractivity contribution in [3.8, 4) is 0 Å². The summed E-state index contributed by atoms with van der Waals surface area (Å²) in [7, 11) is -3.18. The van der Waals surface area contributed by atoms with Gasteiger partial charge in [0.05, 0.1) is 17.5 Å². The molecular formula is C22H34FN3O3S. The molecule has 0 bridgehead atoms. The number of rotatable bonds is 4. The number of fused-ring (bicyclic) bond motifs is 1. The number of likely N-dealkylation sites (tertiary alicyclic amines) is 1. The van der Waals surface area contributed by atoms with E-state index >= 15 is 0 Å². The van der Waals surface area contributed by atoms with Crippen LogP contribution < -0.4 is 4.90 Å². The van der Waals surface area contributed by atoms with Crippen LogP contribution in [0.5, 0.6) is 0 Å². The Kier molecular flexibility index (Phi) is 6.40. The van der Waals surface area contributed by atoms with Crippen molar-refractivity contribution in [1.82, 2.24) is 9.21 Å². The topological polar surface area (TPSA) is 64.1 Å². The van der Waals surface area contributed by atoms with Crippen molar-refractivity contribution < 1.29 is 17.9 Å². The molecule has 0 radical (unpaired) electrons. The van der Waals surface area contributed by atoms with Gasteiger partial charge in [-0.05, 0) is 56.7 Å². The molecule has 1 aromatic rings. The number of piperidine rings is 2. The summed E-state index contributed by atoms with van der Waals surface area (Å²) >= 11 is 0. The van der Waals surface area contributed by atoms with Crippen LogP contribution in [0.15, 0.2) is 24.3 Å². The van der Waals surface area contributed by atoms with E-state index in [2.05, 4.69) is 4.90 Å². The largest absolute Gasteiger partial charge is 0.388 e. The van der Waals surface area contributed by atoms with Crippen molar-refractivity contribution in [3.63, 3.8) is 0 Å². The number of hydrogen-bond donors (Lipinski definition) is 1. The van der Waals surface area contributed by atoms with Gasteiger partial charge >= 0.3 is 0 Å². The lowest BCUT2D eigenvalue weighted by atomic mass is 9.86. The fourth-order valence-electron chi connectivity index (χ4n) is 5.60. The zero-order valence-corrected chi connectivity index (χ0v) is 18.7. The van der Waals surface area contributed by atoms with Crippen LogP contribution in [0, 0.1) is 11.7 Å². The highest BCUT2D eigenvalue weighted by molar-refractivity contribution is 7.88. The fourth-order valence-corrected chi connectivity index (χ4v) is 6.83. The molecule has 0 unspecified atom stereocenters. The summed E-state index contributed by atoms with van der Waals surface area (Å²) in [6.45, 7) is 4.18. The minimum Gasteiger partial charge on any atom is -0.388 e. The molecule has 1 aromatic carbocycles. The van der Waals surface area contributed by atoms with Gasteiger partial charge in [-0.1, -0.05) is 18.6 Å². The first-order valence-electron chi connectivity index (χ1n) is 11.2. The maximum Gasteiger partial charge on any atom is 0.211 e. The zero-order valence-electron chi connectivity index (χ0n) is 17.8. The minimum absolute atomic E-state index is 0.0938. The molecule has 4 rings (SSSR count). The van der Waals surface area contributed by atoms with Gasteiger partial charge in [-0.3, -0.25) is 0 Å². The van der Waals surface area contributed by atoms with E-state index in [4.69, 9.17) is 0 Å². The van der Waals surface area contributed by atoms with Gasteiger partial charge in [0, 0.05) is 38.8 Å². The van der Waals surface area contributed by atoms with Crippen LogP contribution in [0.1, 0.15) is 38.5 Å². The van der Waals surface area contributed by atoms with E-state index in [0.717, 1.165) is 38.8 Å². The first-order valence-corrected chi connectivity index (χ1v) is 13.0. The Hall–Kier alpha value is -1.22. The van der Waals surface area contributed by atoms with E-state index in [1.807, 2.05) is 11.0 Å². The molecule has 0 aromatic heterocycles. The van der Waals surface area contributed by atoms with Crippen molar-refractivity contribution in [3.05, 3.63) is 30.1 Å². The lowest BCUT2D eigenvalue weighted by Gasteiger charge is -2.46. The second-order valence-corrected chi connectivity index (χ2v) is 11.3. The lowest BCUT2D eigenvalue weighted by molar-refractivity contribution is -0.0317. The Balaban J connectivity index is 1.36. The Morgan fingerprint density at radius 2 is 1.83 bits per heavy atom. The van der Waals surface area contributed by atoms with Crippen molar-refractivity contribution in [2.45, 2.75) is 50.2 Å². The quantitative estimate of drug-likeness (QED) is 0.780. The second-order valence-electron chi connectivity index (χ2n) is 9.38. The third-order valence-electron chi connectivity index (χ3n) is 7.18. The van der Waals surface area contributed by atoms with Gasteiger partial charge in [0.25, 0.3) is 0 Å². The number of anilines is 1. The summed E-state index contributed by atoms with van der Waals surface area (Å²) in [5.41, 5.74) is -0.157. The number of hydrogen-bond acceptors (Lipinski definition) is 5. The standard InChI is InChI=1S/C22H34FN3O3S/c1-30(28,29)26-12-5-4-6-18-16-24(13-9-20(18)26)17-22(27)10-14-25(15-11-22)21-8-3-2-7-19(21)23/h2-3,7-8,18,20,27H,4-6,9-17H2,1H3/t18-,20+/m0/s1. The van der Waals surface area contributed by atoms with Crippen LogP contribution in [0.4, 0.5) is 10.1 Å². The molecule has 3 aliphatic heterocycles. The van der Waals surface area contributed by atoms with Crippen molar-refractivity contribution in [2.75, 3.05) is 50.4 Å². The Labute approximate surface area is 179 Å². The number of halogens is 1. The summed E-state index contributed by atoms with van der Waals surface area (Å²) in [5, 5.41) is 11.2. The van der Waals surface area contributed by atoms with E-state index in [9.17, 15) is 17.9 Å². The fraction of sp³-hybridized carbons (Fsp3) is 0.727. The third-order valence-corrected chi connectivity index (χ3v) is 8.49. The monoisotopic (exact) mass is 439 g/mol. The minimum atomic E-state index is -3.18. The molecular weight excluding hydrogens is 405 g/mol. The summed E-state index contributed by atoms with van der Waals surface area (Å²) in [6, 6.07) is 6.91. The number of β-amino-alcohol motifs (C(OH)–C–C–N with tert-alkyl or cyclic N) is 1. The summed E-state index contributed by atoms with van der Waals surface area (Å²) in [6.07, 6.45) is 6.41. The number of nitrogens with zero attached hydrogens (tertiary/aromatic N) is 3. The van der Waals surface area contributed by atoms with Crippen LogP contribution >= 0.6 is 0 Å². The first-order chi connectivity index (χ1) is 14.3. The SMILES string of the molecule is CS(=O)(=O)N1CCCC[C@H]2CN(CC3(O)CCN(c4ccccc4F)CC3)CC[C@H]21. The molecule has 2 atom stereocenters. The van der Waals surface area contributed by atoms with E-state index in [0.29, 0.717) is 50.6 Å². The highest BCUT2D eigenvalue weighted by Crippen LogP contribution is 2.34. The maximum absolute atomic E-state index is 14.1. The predicted molar refractivity (Wildman–Crippen MR) is 117 cm³/mol. The molecule has 3 fully saturated rings. The summed E-state index contributed by atoms with van der Waals surface area (Å²) in [4.78, 5) is 4.34. The van der Waals surface area contributed by atoms with E-state index < -0.39 is 15.6 Å². The van der Waals surface area contributed by atoms with Crippen molar-refractivity contribution in [1.29, 1.82) is 0 Å². The molecule has 6 nitrogen and oxygen atoms in total. The zero-order chi connectivity index (χ0) is 21.4. The smallest absolute Gasteiger partial charge is 0.211 e. The van der Waals surface area contributed by atoms with Crippen LogP contribution in [-0.4, -0.2) is 79.9 Å². The van der Waals surface area contributed by atoms with Gasteiger partial charge in [-0.15, -0.1) is 0 Å². The Bertz CT molecular complexity index is 842. The average molecular weight is 440 g/mol. The van der Waals surface area contributed by atoms with Crippen LogP contribution in [0.2, 0.25) is 0 Å². The van der Waals surface area contributed by atoms with Gasteiger partial charge in [-0.25, -0.2) is 12.8 Å².